The van der Waals surface area contributed by atoms with Crippen molar-refractivity contribution in [1.29, 1.82) is 0 Å². The van der Waals surface area contributed by atoms with Gasteiger partial charge in [-0.15, -0.1) is 0 Å². The molecular formula is C15H27NO2. The summed E-state index contributed by atoms with van der Waals surface area (Å²) in [4.78, 5) is 3.86. The van der Waals surface area contributed by atoms with Gasteiger partial charge < -0.3 is 9.47 Å². The average Bonchev–Trinajstić information content (AvgIpc) is 2.18. The second-order valence-electron chi connectivity index (χ2n) is 6.29. The van der Waals surface area contributed by atoms with Crippen LogP contribution in [-0.2, 0) is 9.47 Å². The highest BCUT2D eigenvalue weighted by Crippen LogP contribution is 2.15. The molecule has 0 radical (unpaired) electrons. The van der Waals surface area contributed by atoms with E-state index in [0.717, 1.165) is 5.57 Å². The molecule has 0 unspecified atom stereocenters. The van der Waals surface area contributed by atoms with Gasteiger partial charge in [0.15, 0.2) is 0 Å². The second-order valence-corrected chi connectivity index (χ2v) is 6.29. The molecule has 0 aromatic rings. The van der Waals surface area contributed by atoms with Crippen molar-refractivity contribution in [3.05, 3.63) is 23.6 Å². The molecule has 0 rings (SSSR count). The monoisotopic (exact) mass is 253 g/mol. The molecule has 0 saturated carbocycles. The number of hydrogen-bond acceptors (Lipinski definition) is 3. The maximum Gasteiger partial charge on any atom is 0.213 e. The molecule has 0 atom stereocenters. The third kappa shape index (κ3) is 10.1. The van der Waals surface area contributed by atoms with Gasteiger partial charge in [-0.25, -0.2) is 4.99 Å². The third-order valence-electron chi connectivity index (χ3n) is 1.81. The van der Waals surface area contributed by atoms with Gasteiger partial charge in [-0.2, -0.15) is 0 Å². The minimum Gasteiger partial charge on any atom is -0.472 e. The summed E-state index contributed by atoms with van der Waals surface area (Å²) in [6, 6.07) is 0. The van der Waals surface area contributed by atoms with Gasteiger partial charge in [0.25, 0.3) is 0 Å². The predicted molar refractivity (Wildman–Crippen MR) is 77.9 cm³/mol. The predicted octanol–water partition coefficient (Wildman–Crippen LogP) is 4.10. The minimum atomic E-state index is -0.267. The van der Waals surface area contributed by atoms with E-state index in [1.807, 2.05) is 60.6 Å². The second kappa shape index (κ2) is 6.74. The molecule has 0 aromatic heterocycles. The van der Waals surface area contributed by atoms with E-state index >= 15 is 0 Å². The zero-order valence-electron chi connectivity index (χ0n) is 12.8. The third-order valence-corrected chi connectivity index (χ3v) is 1.81. The molecule has 0 spiro atoms. The molecule has 104 valence electrons. The Hall–Kier alpha value is -1.09. The number of rotatable bonds is 5. The van der Waals surface area contributed by atoms with Gasteiger partial charge in [-0.05, 0) is 60.8 Å². The molecule has 0 aliphatic heterocycles. The smallest absolute Gasteiger partial charge is 0.213 e. The van der Waals surface area contributed by atoms with Crippen LogP contribution in [0.3, 0.4) is 0 Å². The molecule has 0 saturated heterocycles. The van der Waals surface area contributed by atoms with Crippen LogP contribution >= 0.6 is 0 Å². The fourth-order valence-electron chi connectivity index (χ4n) is 1.02. The minimum absolute atomic E-state index is 0.125. The van der Waals surface area contributed by atoms with Crippen LogP contribution < -0.4 is 0 Å². The highest BCUT2D eigenvalue weighted by molar-refractivity contribution is 5.29. The first-order valence-corrected chi connectivity index (χ1v) is 6.21. The molecule has 0 fully saturated rings. The Morgan fingerprint density at radius 1 is 1.06 bits per heavy atom. The lowest BCUT2D eigenvalue weighted by Gasteiger charge is -2.21. The fourth-order valence-corrected chi connectivity index (χ4v) is 1.02. The average molecular weight is 253 g/mol. The van der Waals surface area contributed by atoms with E-state index in [1.54, 1.807) is 0 Å². The van der Waals surface area contributed by atoms with Crippen LogP contribution in [0.5, 0.6) is 0 Å². The standard InChI is InChI=1S/C15H27NO2/c1-12(11-17-14(2,3)4)9-10-13(16-8)18-15(5,6)7/h9-10H,8,11H2,1-7H3/b12-9+,13-10+. The zero-order chi connectivity index (χ0) is 14.4. The van der Waals surface area contributed by atoms with Crippen molar-refractivity contribution in [3.8, 4) is 0 Å². The van der Waals surface area contributed by atoms with Crippen LogP contribution in [0.2, 0.25) is 0 Å². The first-order valence-electron chi connectivity index (χ1n) is 6.21. The lowest BCUT2D eigenvalue weighted by atomic mass is 10.2. The van der Waals surface area contributed by atoms with Gasteiger partial charge in [0.05, 0.1) is 12.2 Å². The van der Waals surface area contributed by atoms with E-state index in [-0.39, 0.29) is 11.2 Å². The highest BCUT2D eigenvalue weighted by atomic mass is 16.5. The van der Waals surface area contributed by atoms with Crippen LogP contribution in [0.1, 0.15) is 48.5 Å². The summed E-state index contributed by atoms with van der Waals surface area (Å²) in [6.45, 7) is 18.2. The topological polar surface area (TPSA) is 30.8 Å². The molecule has 0 amide bonds. The molecule has 0 aliphatic rings. The maximum atomic E-state index is 5.67. The molecule has 18 heavy (non-hydrogen) atoms. The van der Waals surface area contributed by atoms with Gasteiger partial charge >= 0.3 is 0 Å². The van der Waals surface area contributed by atoms with Crippen molar-refractivity contribution >= 4 is 6.72 Å². The first kappa shape index (κ1) is 16.9. The van der Waals surface area contributed by atoms with Crippen molar-refractivity contribution in [2.75, 3.05) is 6.61 Å². The molecule has 0 aromatic carbocycles. The van der Waals surface area contributed by atoms with Gasteiger partial charge in [-0.3, -0.25) is 0 Å². The number of aliphatic imine (C=N–C) groups is 1. The van der Waals surface area contributed by atoms with E-state index in [2.05, 4.69) is 11.7 Å². The lowest BCUT2D eigenvalue weighted by Crippen LogP contribution is -2.20. The summed E-state index contributed by atoms with van der Waals surface area (Å²) in [6.07, 6.45) is 3.76. The molecule has 3 heteroatoms. The molecule has 0 bridgehead atoms. The molecule has 0 aliphatic carbocycles. The molecule has 0 N–H and O–H groups in total. The zero-order valence-corrected chi connectivity index (χ0v) is 12.8. The van der Waals surface area contributed by atoms with Crippen molar-refractivity contribution < 1.29 is 9.47 Å². The summed E-state index contributed by atoms with van der Waals surface area (Å²) in [5, 5.41) is 0. The molecule has 0 heterocycles. The summed E-state index contributed by atoms with van der Waals surface area (Å²) in [5.41, 5.74) is 0.722. The van der Waals surface area contributed by atoms with Crippen molar-refractivity contribution in [2.45, 2.75) is 59.7 Å². The van der Waals surface area contributed by atoms with Crippen molar-refractivity contribution in [1.82, 2.24) is 0 Å². The largest absolute Gasteiger partial charge is 0.472 e. The van der Waals surface area contributed by atoms with Crippen LogP contribution in [0, 0.1) is 0 Å². The van der Waals surface area contributed by atoms with Gasteiger partial charge in [-0.1, -0.05) is 6.08 Å². The van der Waals surface area contributed by atoms with Crippen molar-refractivity contribution in [3.63, 3.8) is 0 Å². The van der Waals surface area contributed by atoms with Crippen LogP contribution in [0.25, 0.3) is 0 Å². The van der Waals surface area contributed by atoms with E-state index in [9.17, 15) is 0 Å². The molecular weight excluding hydrogens is 226 g/mol. The SMILES string of the molecule is C=N/C(=C\C=C(/C)COC(C)(C)C)OC(C)(C)C. The highest BCUT2D eigenvalue weighted by Gasteiger charge is 2.12. The number of ether oxygens (including phenoxy) is 2. The van der Waals surface area contributed by atoms with Gasteiger partial charge in [0, 0.05) is 6.08 Å². The fraction of sp³-hybridized carbons (Fsp3) is 0.667. The Balaban J connectivity index is 4.51. The summed E-state index contributed by atoms with van der Waals surface area (Å²) in [7, 11) is 0. The Bertz CT molecular complexity index is 327. The van der Waals surface area contributed by atoms with E-state index in [4.69, 9.17) is 9.47 Å². The molecule has 3 nitrogen and oxygen atoms in total. The maximum absolute atomic E-state index is 5.67. The van der Waals surface area contributed by atoms with E-state index < -0.39 is 0 Å². The number of hydrogen-bond donors (Lipinski definition) is 0. The Morgan fingerprint density at radius 2 is 1.61 bits per heavy atom. The van der Waals surface area contributed by atoms with Crippen LogP contribution in [0.4, 0.5) is 0 Å². The number of nitrogens with zero attached hydrogens (tertiary/aromatic N) is 1. The normalized spacial score (nSPS) is 14.6. The van der Waals surface area contributed by atoms with E-state index in [0.29, 0.717) is 12.5 Å². The van der Waals surface area contributed by atoms with Crippen LogP contribution in [0.15, 0.2) is 28.6 Å². The van der Waals surface area contributed by atoms with E-state index in [1.165, 1.54) is 0 Å². The number of allylic oxidation sites excluding steroid dienone is 2. The first-order chi connectivity index (χ1) is 8.03. The quantitative estimate of drug-likeness (QED) is 0.419. The van der Waals surface area contributed by atoms with Crippen LogP contribution in [-0.4, -0.2) is 24.5 Å². The summed E-state index contributed by atoms with van der Waals surface area (Å²) >= 11 is 0. The van der Waals surface area contributed by atoms with Gasteiger partial charge in [0.1, 0.15) is 5.60 Å². The Labute approximate surface area is 112 Å². The Morgan fingerprint density at radius 3 is 2.00 bits per heavy atom. The summed E-state index contributed by atoms with van der Waals surface area (Å²) in [5.74, 6) is 0.526. The Kier molecular flexibility index (Phi) is 6.33. The van der Waals surface area contributed by atoms with Crippen molar-refractivity contribution in [2.24, 2.45) is 4.99 Å². The van der Waals surface area contributed by atoms with Gasteiger partial charge in [0.2, 0.25) is 5.88 Å². The summed E-state index contributed by atoms with van der Waals surface area (Å²) < 4.78 is 11.3. The lowest BCUT2D eigenvalue weighted by molar-refractivity contribution is 0.0111.